The maximum atomic E-state index is 9.16. The highest BCUT2D eigenvalue weighted by Gasteiger charge is 2.25. The van der Waals surface area contributed by atoms with Crippen LogP contribution in [-0.4, -0.2) is 27.7 Å². The summed E-state index contributed by atoms with van der Waals surface area (Å²) in [5.74, 6) is 1.23. The first-order valence-corrected chi connectivity index (χ1v) is 5.50. The molecule has 1 aromatic heterocycles. The number of nitrogens with zero attached hydrogens (tertiary/aromatic N) is 2. The van der Waals surface area contributed by atoms with Gasteiger partial charge in [-0.3, -0.25) is 0 Å². The molecule has 0 bridgehead atoms. The summed E-state index contributed by atoms with van der Waals surface area (Å²) in [6.07, 6.45) is 6.99. The molecule has 2 atom stereocenters. The van der Waals surface area contributed by atoms with E-state index in [1.165, 1.54) is 6.42 Å². The van der Waals surface area contributed by atoms with Gasteiger partial charge in [0.05, 0.1) is 6.54 Å². The highest BCUT2D eigenvalue weighted by atomic mass is 16.3. The molecule has 1 heterocycles. The van der Waals surface area contributed by atoms with Gasteiger partial charge in [0.2, 0.25) is 0 Å². The number of aliphatic hydroxyl groups excluding tert-OH is 1. The van der Waals surface area contributed by atoms with E-state index in [4.69, 9.17) is 5.11 Å². The fourth-order valence-corrected chi connectivity index (χ4v) is 2.17. The lowest BCUT2D eigenvalue weighted by Gasteiger charge is -2.18. The molecule has 1 fully saturated rings. The number of hydrogen-bond donors (Lipinski definition) is 2. The van der Waals surface area contributed by atoms with E-state index in [-0.39, 0.29) is 6.61 Å². The Morgan fingerprint density at radius 2 is 2.13 bits per heavy atom. The summed E-state index contributed by atoms with van der Waals surface area (Å²) in [6, 6.07) is 2.24. The van der Waals surface area contributed by atoms with E-state index < -0.39 is 0 Å². The van der Waals surface area contributed by atoms with Gasteiger partial charge in [0.1, 0.15) is 5.82 Å². The molecular formula is C11H17N3O. The predicted octanol–water partition coefficient (Wildman–Crippen LogP) is 0.727. The Bertz CT molecular complexity index is 291. The van der Waals surface area contributed by atoms with E-state index >= 15 is 0 Å². The van der Waals surface area contributed by atoms with Crippen LogP contribution in [0, 0.1) is 5.92 Å². The molecule has 0 saturated heterocycles. The van der Waals surface area contributed by atoms with Gasteiger partial charge in [-0.25, -0.2) is 9.97 Å². The maximum Gasteiger partial charge on any atom is 0.141 e. The molecule has 4 heteroatoms. The van der Waals surface area contributed by atoms with Gasteiger partial charge in [0.25, 0.3) is 0 Å². The first-order valence-electron chi connectivity index (χ1n) is 5.50. The van der Waals surface area contributed by atoms with Gasteiger partial charge in [-0.2, -0.15) is 0 Å². The van der Waals surface area contributed by atoms with Crippen molar-refractivity contribution in [2.24, 2.45) is 5.92 Å². The molecule has 0 aliphatic heterocycles. The van der Waals surface area contributed by atoms with Crippen LogP contribution in [0.4, 0.5) is 0 Å². The van der Waals surface area contributed by atoms with Crippen molar-refractivity contribution in [1.29, 1.82) is 0 Å². The number of rotatable bonds is 4. The minimum absolute atomic E-state index is 0.285. The zero-order valence-corrected chi connectivity index (χ0v) is 8.76. The molecule has 0 amide bonds. The summed E-state index contributed by atoms with van der Waals surface area (Å²) in [4.78, 5) is 8.31. The summed E-state index contributed by atoms with van der Waals surface area (Å²) >= 11 is 0. The molecule has 0 radical (unpaired) electrons. The monoisotopic (exact) mass is 207 g/mol. The largest absolute Gasteiger partial charge is 0.396 e. The third-order valence-corrected chi connectivity index (χ3v) is 3.04. The normalized spacial score (nSPS) is 25.7. The van der Waals surface area contributed by atoms with Crippen molar-refractivity contribution in [2.75, 3.05) is 6.61 Å². The average Bonchev–Trinajstić information content (AvgIpc) is 2.75. The van der Waals surface area contributed by atoms with E-state index in [1.807, 2.05) is 6.07 Å². The smallest absolute Gasteiger partial charge is 0.141 e. The van der Waals surface area contributed by atoms with E-state index in [9.17, 15) is 0 Å². The van der Waals surface area contributed by atoms with E-state index in [1.54, 1.807) is 12.4 Å². The Labute approximate surface area is 89.8 Å². The van der Waals surface area contributed by atoms with Crippen LogP contribution in [0.15, 0.2) is 18.5 Å². The van der Waals surface area contributed by atoms with Crippen molar-refractivity contribution in [3.8, 4) is 0 Å². The SMILES string of the molecule is OCC1CCCC1NCc1ncccn1. The molecule has 1 aliphatic rings. The molecule has 2 unspecified atom stereocenters. The fraction of sp³-hybridized carbons (Fsp3) is 0.636. The van der Waals surface area contributed by atoms with Gasteiger partial charge < -0.3 is 10.4 Å². The molecular weight excluding hydrogens is 190 g/mol. The molecule has 2 rings (SSSR count). The summed E-state index contributed by atoms with van der Waals surface area (Å²) in [6.45, 7) is 0.981. The summed E-state index contributed by atoms with van der Waals surface area (Å²) < 4.78 is 0. The summed E-state index contributed by atoms with van der Waals surface area (Å²) in [5, 5.41) is 12.6. The zero-order valence-electron chi connectivity index (χ0n) is 8.76. The lowest BCUT2D eigenvalue weighted by Crippen LogP contribution is -2.34. The summed E-state index contributed by atoms with van der Waals surface area (Å²) in [5.41, 5.74) is 0. The Hall–Kier alpha value is -1.00. The lowest BCUT2D eigenvalue weighted by atomic mass is 10.1. The number of hydrogen-bond acceptors (Lipinski definition) is 4. The van der Waals surface area contributed by atoms with Crippen LogP contribution < -0.4 is 5.32 Å². The molecule has 4 nitrogen and oxygen atoms in total. The van der Waals surface area contributed by atoms with Gasteiger partial charge in [-0.05, 0) is 24.8 Å². The number of aliphatic hydroxyl groups is 1. The Morgan fingerprint density at radius 1 is 1.33 bits per heavy atom. The fourth-order valence-electron chi connectivity index (χ4n) is 2.17. The van der Waals surface area contributed by atoms with Gasteiger partial charge in [-0.1, -0.05) is 6.42 Å². The molecule has 0 spiro atoms. The van der Waals surface area contributed by atoms with Crippen molar-refractivity contribution in [3.63, 3.8) is 0 Å². The lowest BCUT2D eigenvalue weighted by molar-refractivity contribution is 0.204. The zero-order chi connectivity index (χ0) is 10.5. The van der Waals surface area contributed by atoms with Gasteiger partial charge in [-0.15, -0.1) is 0 Å². The average molecular weight is 207 g/mol. The van der Waals surface area contributed by atoms with Crippen LogP contribution in [0.2, 0.25) is 0 Å². The highest BCUT2D eigenvalue weighted by molar-refractivity contribution is 4.90. The highest BCUT2D eigenvalue weighted by Crippen LogP contribution is 2.25. The molecule has 1 aromatic rings. The van der Waals surface area contributed by atoms with E-state index in [0.29, 0.717) is 18.5 Å². The topological polar surface area (TPSA) is 58.0 Å². The Balaban J connectivity index is 1.83. The first-order chi connectivity index (χ1) is 7.40. The van der Waals surface area contributed by atoms with Crippen molar-refractivity contribution < 1.29 is 5.11 Å². The second-order valence-corrected chi connectivity index (χ2v) is 4.03. The molecule has 1 aliphatic carbocycles. The van der Waals surface area contributed by atoms with Crippen LogP contribution in [0.25, 0.3) is 0 Å². The van der Waals surface area contributed by atoms with Crippen LogP contribution in [0.3, 0.4) is 0 Å². The van der Waals surface area contributed by atoms with Gasteiger partial charge >= 0.3 is 0 Å². The van der Waals surface area contributed by atoms with Gasteiger partial charge in [0.15, 0.2) is 0 Å². The Morgan fingerprint density at radius 3 is 2.87 bits per heavy atom. The third-order valence-electron chi connectivity index (χ3n) is 3.04. The van der Waals surface area contributed by atoms with Crippen LogP contribution in [0.1, 0.15) is 25.1 Å². The van der Waals surface area contributed by atoms with E-state index in [2.05, 4.69) is 15.3 Å². The number of aromatic nitrogens is 2. The maximum absolute atomic E-state index is 9.16. The standard InChI is InChI=1S/C11H17N3O/c15-8-9-3-1-4-10(9)14-7-11-12-5-2-6-13-11/h2,5-6,9-10,14-15H,1,3-4,7-8H2. The molecule has 2 N–H and O–H groups in total. The minimum Gasteiger partial charge on any atom is -0.396 e. The van der Waals surface area contributed by atoms with Crippen molar-refractivity contribution in [3.05, 3.63) is 24.3 Å². The second kappa shape index (κ2) is 5.19. The molecule has 0 aromatic carbocycles. The van der Waals surface area contributed by atoms with Crippen LogP contribution >= 0.6 is 0 Å². The number of nitrogens with one attached hydrogen (secondary N) is 1. The van der Waals surface area contributed by atoms with Crippen molar-refractivity contribution >= 4 is 0 Å². The second-order valence-electron chi connectivity index (χ2n) is 4.03. The first kappa shape index (κ1) is 10.5. The summed E-state index contributed by atoms with van der Waals surface area (Å²) in [7, 11) is 0. The quantitative estimate of drug-likeness (QED) is 0.764. The Kier molecular flexibility index (Phi) is 3.64. The molecule has 82 valence electrons. The molecule has 15 heavy (non-hydrogen) atoms. The minimum atomic E-state index is 0.285. The van der Waals surface area contributed by atoms with Crippen LogP contribution in [-0.2, 0) is 6.54 Å². The van der Waals surface area contributed by atoms with Crippen molar-refractivity contribution in [2.45, 2.75) is 31.8 Å². The third kappa shape index (κ3) is 2.73. The van der Waals surface area contributed by atoms with Crippen molar-refractivity contribution in [1.82, 2.24) is 15.3 Å². The predicted molar refractivity (Wildman–Crippen MR) is 57.1 cm³/mol. The molecule has 1 saturated carbocycles. The van der Waals surface area contributed by atoms with E-state index in [0.717, 1.165) is 18.7 Å². The van der Waals surface area contributed by atoms with Crippen LogP contribution in [0.5, 0.6) is 0 Å². The van der Waals surface area contributed by atoms with Gasteiger partial charge in [0, 0.05) is 25.0 Å².